The Hall–Kier alpha value is 0.550. The minimum atomic E-state index is -2.33. The predicted octanol–water partition coefficient (Wildman–Crippen LogP) is 0.972. The molecule has 0 aliphatic rings. The van der Waals surface area contributed by atoms with Crippen LogP contribution in [0.3, 0.4) is 0 Å². The lowest BCUT2D eigenvalue weighted by atomic mass is 10.4. The summed E-state index contributed by atoms with van der Waals surface area (Å²) >= 11 is 0.873. The van der Waals surface area contributed by atoms with Crippen LogP contribution in [0.4, 0.5) is 0 Å². The fraction of sp³-hybridized carbons (Fsp3) is 1.00. The third-order valence-electron chi connectivity index (χ3n) is 0.708. The van der Waals surface area contributed by atoms with Gasteiger partial charge in [0, 0.05) is 5.33 Å². The molecule has 0 aromatic rings. The summed E-state index contributed by atoms with van der Waals surface area (Å²) in [6, 6.07) is 0. The second kappa shape index (κ2) is 6.67. The SMILES string of the molecule is O=S([O-])OCCCCBr. The second-order valence-corrected chi connectivity index (χ2v) is 2.86. The number of alkyl halides is 1. The van der Waals surface area contributed by atoms with Crippen LogP contribution in [0.25, 0.3) is 0 Å². The summed E-state index contributed by atoms with van der Waals surface area (Å²) < 4.78 is 23.7. The molecule has 0 amide bonds. The van der Waals surface area contributed by atoms with E-state index in [0.29, 0.717) is 6.61 Å². The lowest BCUT2D eigenvalue weighted by Gasteiger charge is -2.03. The van der Waals surface area contributed by atoms with E-state index in [-0.39, 0.29) is 0 Å². The number of hydrogen-bond donors (Lipinski definition) is 0. The highest BCUT2D eigenvalue weighted by molar-refractivity contribution is 9.09. The smallest absolute Gasteiger partial charge is 0.0842 e. The minimum absolute atomic E-state index is 0.293. The van der Waals surface area contributed by atoms with Crippen LogP contribution in [0, 0.1) is 0 Å². The van der Waals surface area contributed by atoms with Gasteiger partial charge >= 0.3 is 0 Å². The lowest BCUT2D eigenvalue weighted by Crippen LogP contribution is -1.97. The van der Waals surface area contributed by atoms with Crippen LogP contribution in [0.2, 0.25) is 0 Å². The first-order valence-corrected chi connectivity index (χ1v) is 4.68. The summed E-state index contributed by atoms with van der Waals surface area (Å²) in [4.78, 5) is 0. The van der Waals surface area contributed by atoms with E-state index in [1.807, 2.05) is 0 Å². The molecule has 0 saturated heterocycles. The maximum absolute atomic E-state index is 9.73. The molecule has 0 rings (SSSR count). The molecule has 5 heteroatoms. The normalized spacial score (nSPS) is 13.6. The van der Waals surface area contributed by atoms with Gasteiger partial charge in [0.25, 0.3) is 0 Å². The Labute approximate surface area is 65.4 Å². The molecule has 0 aromatic carbocycles. The summed E-state index contributed by atoms with van der Waals surface area (Å²) in [7, 11) is 0. The van der Waals surface area contributed by atoms with Crippen molar-refractivity contribution < 1.29 is 12.9 Å². The van der Waals surface area contributed by atoms with Crippen LogP contribution in [0.5, 0.6) is 0 Å². The van der Waals surface area contributed by atoms with Gasteiger partial charge in [-0.1, -0.05) is 15.9 Å². The molecule has 0 N–H and O–H groups in total. The zero-order valence-corrected chi connectivity index (χ0v) is 7.24. The van der Waals surface area contributed by atoms with Crippen molar-refractivity contribution in [2.24, 2.45) is 0 Å². The largest absolute Gasteiger partial charge is 0.750 e. The van der Waals surface area contributed by atoms with Crippen LogP contribution in [0.15, 0.2) is 0 Å². The van der Waals surface area contributed by atoms with Crippen LogP contribution in [-0.4, -0.2) is 20.7 Å². The first-order chi connectivity index (χ1) is 4.27. The van der Waals surface area contributed by atoms with E-state index < -0.39 is 11.4 Å². The summed E-state index contributed by atoms with van der Waals surface area (Å²) in [5.41, 5.74) is 0. The van der Waals surface area contributed by atoms with Gasteiger partial charge in [0.1, 0.15) is 0 Å². The molecule has 0 saturated carbocycles. The van der Waals surface area contributed by atoms with E-state index >= 15 is 0 Å². The van der Waals surface area contributed by atoms with Crippen molar-refractivity contribution in [3.05, 3.63) is 0 Å². The Kier molecular flexibility index (Phi) is 7.07. The van der Waals surface area contributed by atoms with Crippen molar-refractivity contribution in [2.45, 2.75) is 12.8 Å². The van der Waals surface area contributed by atoms with Gasteiger partial charge in [0.15, 0.2) is 0 Å². The first kappa shape index (κ1) is 9.55. The molecule has 0 aliphatic heterocycles. The maximum atomic E-state index is 9.73. The highest BCUT2D eigenvalue weighted by Crippen LogP contribution is 1.94. The first-order valence-electron chi connectivity index (χ1n) is 2.56. The fourth-order valence-corrected chi connectivity index (χ4v) is 0.974. The fourth-order valence-electron chi connectivity index (χ4n) is 0.324. The predicted molar refractivity (Wildman–Crippen MR) is 37.9 cm³/mol. The second-order valence-electron chi connectivity index (χ2n) is 1.42. The monoisotopic (exact) mass is 215 g/mol. The minimum Gasteiger partial charge on any atom is -0.750 e. The Bertz CT molecular complexity index is 87.9. The zero-order valence-electron chi connectivity index (χ0n) is 4.84. The van der Waals surface area contributed by atoms with Gasteiger partial charge < -0.3 is 8.74 Å². The van der Waals surface area contributed by atoms with Crippen molar-refractivity contribution in [1.29, 1.82) is 0 Å². The average molecular weight is 216 g/mol. The summed E-state index contributed by atoms with van der Waals surface area (Å²) in [5.74, 6) is 0. The molecule has 0 aromatic heterocycles. The molecule has 0 bridgehead atoms. The van der Waals surface area contributed by atoms with Crippen molar-refractivity contribution in [1.82, 2.24) is 0 Å². The third-order valence-corrected chi connectivity index (χ3v) is 1.63. The van der Waals surface area contributed by atoms with Gasteiger partial charge in [-0.2, -0.15) is 0 Å². The summed E-state index contributed by atoms with van der Waals surface area (Å²) in [6.45, 7) is 0.293. The summed E-state index contributed by atoms with van der Waals surface area (Å²) in [6.07, 6.45) is 1.72. The van der Waals surface area contributed by atoms with E-state index in [4.69, 9.17) is 0 Å². The molecule has 0 radical (unpaired) electrons. The van der Waals surface area contributed by atoms with Crippen LogP contribution >= 0.6 is 15.9 Å². The van der Waals surface area contributed by atoms with Gasteiger partial charge in [0.05, 0.1) is 18.0 Å². The molecular formula is C4H8BrO3S-. The van der Waals surface area contributed by atoms with Crippen LogP contribution in [0.1, 0.15) is 12.8 Å². The highest BCUT2D eigenvalue weighted by atomic mass is 79.9. The van der Waals surface area contributed by atoms with Gasteiger partial charge in [-0.05, 0) is 12.8 Å². The van der Waals surface area contributed by atoms with Gasteiger partial charge in [0.2, 0.25) is 0 Å². The third kappa shape index (κ3) is 8.55. The molecule has 3 nitrogen and oxygen atoms in total. The molecule has 0 heterocycles. The number of unbranched alkanes of at least 4 members (excludes halogenated alkanes) is 1. The molecule has 56 valence electrons. The molecule has 1 atom stereocenters. The molecule has 0 fully saturated rings. The molecule has 9 heavy (non-hydrogen) atoms. The quantitative estimate of drug-likeness (QED) is 0.391. The summed E-state index contributed by atoms with van der Waals surface area (Å²) in [5, 5.41) is 0.891. The zero-order chi connectivity index (χ0) is 7.11. The molecule has 0 aliphatic carbocycles. The van der Waals surface area contributed by atoms with Gasteiger partial charge in [-0.15, -0.1) is 0 Å². The van der Waals surface area contributed by atoms with Crippen LogP contribution in [-0.2, 0) is 15.5 Å². The number of hydrogen-bond acceptors (Lipinski definition) is 3. The number of halogens is 1. The van der Waals surface area contributed by atoms with E-state index in [1.54, 1.807) is 0 Å². The molecule has 0 spiro atoms. The highest BCUT2D eigenvalue weighted by Gasteiger charge is 1.85. The Morgan fingerprint density at radius 2 is 2.22 bits per heavy atom. The van der Waals surface area contributed by atoms with E-state index in [9.17, 15) is 8.76 Å². The Morgan fingerprint density at radius 3 is 2.67 bits per heavy atom. The Balaban J connectivity index is 2.83. The van der Waals surface area contributed by atoms with Crippen molar-refractivity contribution in [3.63, 3.8) is 0 Å². The van der Waals surface area contributed by atoms with Gasteiger partial charge in [-0.3, -0.25) is 0 Å². The van der Waals surface area contributed by atoms with Crippen molar-refractivity contribution in [2.75, 3.05) is 11.9 Å². The molecule has 1 unspecified atom stereocenters. The maximum Gasteiger partial charge on any atom is 0.0842 e. The van der Waals surface area contributed by atoms with Crippen molar-refractivity contribution >= 4 is 27.3 Å². The number of rotatable bonds is 5. The van der Waals surface area contributed by atoms with E-state index in [1.165, 1.54) is 0 Å². The lowest BCUT2D eigenvalue weighted by molar-refractivity contribution is 0.295. The topological polar surface area (TPSA) is 49.4 Å². The van der Waals surface area contributed by atoms with Crippen LogP contribution < -0.4 is 0 Å². The Morgan fingerprint density at radius 1 is 1.56 bits per heavy atom. The van der Waals surface area contributed by atoms with Crippen molar-refractivity contribution in [3.8, 4) is 0 Å². The molecular weight excluding hydrogens is 208 g/mol. The standard InChI is InChI=1S/C4H9BrO3S/c5-3-1-2-4-8-9(6)7/h1-4H2,(H,6,7)/p-1. The van der Waals surface area contributed by atoms with E-state index in [2.05, 4.69) is 20.1 Å². The van der Waals surface area contributed by atoms with E-state index in [0.717, 1.165) is 18.2 Å². The van der Waals surface area contributed by atoms with Gasteiger partial charge in [-0.25, -0.2) is 4.21 Å². The average Bonchev–Trinajstić information content (AvgIpc) is 1.80.